The number of aromatic nitrogens is 2. The van der Waals surface area contributed by atoms with Crippen molar-refractivity contribution in [1.82, 2.24) is 20.0 Å². The molecule has 0 saturated carbocycles. The number of anilines is 1. The van der Waals surface area contributed by atoms with Crippen LogP contribution in [0.25, 0.3) is 5.69 Å². The van der Waals surface area contributed by atoms with Crippen LogP contribution in [0, 0.1) is 11.3 Å². The molecule has 3 aromatic rings. The summed E-state index contributed by atoms with van der Waals surface area (Å²) in [7, 11) is 0. The number of rotatable bonds is 7. The summed E-state index contributed by atoms with van der Waals surface area (Å²) >= 11 is 0. The van der Waals surface area contributed by atoms with E-state index in [-0.39, 0.29) is 24.0 Å². The Labute approximate surface area is 218 Å². The van der Waals surface area contributed by atoms with Gasteiger partial charge in [0.2, 0.25) is 0 Å². The number of nitrogens with zero attached hydrogens (tertiary/aromatic N) is 5. The number of nitrogen functional groups attached to an aromatic ring is 1. The molecule has 1 aliphatic heterocycles. The first-order valence-corrected chi connectivity index (χ1v) is 11.6. The van der Waals surface area contributed by atoms with E-state index in [4.69, 9.17) is 10.7 Å². The van der Waals surface area contributed by atoms with Crippen LogP contribution in [-0.4, -0.2) is 46.8 Å². The molecule has 1 aliphatic rings. The number of guanidine groups is 1. The molecule has 1 atom stereocenters. The van der Waals surface area contributed by atoms with Crippen molar-refractivity contribution in [3.63, 3.8) is 0 Å². The molecule has 0 spiro atoms. The fourth-order valence-corrected chi connectivity index (χ4v) is 4.35. The van der Waals surface area contributed by atoms with Gasteiger partial charge in [-0.05, 0) is 43.9 Å². The molecule has 1 fully saturated rings. The van der Waals surface area contributed by atoms with Gasteiger partial charge in [-0.25, -0.2) is 4.68 Å². The number of aryl methyl sites for hydroxylation is 1. The van der Waals surface area contributed by atoms with Crippen LogP contribution in [0.15, 0.2) is 65.7 Å². The second-order valence-corrected chi connectivity index (χ2v) is 8.25. The van der Waals surface area contributed by atoms with E-state index in [0.717, 1.165) is 49.8 Å². The van der Waals surface area contributed by atoms with Gasteiger partial charge in [0.15, 0.2) is 5.96 Å². The number of para-hydroxylation sites is 1. The molecular formula is C26H32IN7. The number of likely N-dealkylation sites (tertiary alicyclic amines) is 1. The summed E-state index contributed by atoms with van der Waals surface area (Å²) in [5.74, 6) is 1.89. The normalized spacial score (nSPS) is 15.6. The van der Waals surface area contributed by atoms with E-state index in [0.29, 0.717) is 30.3 Å². The average molecular weight is 569 g/mol. The zero-order chi connectivity index (χ0) is 23.0. The second kappa shape index (κ2) is 12.4. The fourth-order valence-electron chi connectivity index (χ4n) is 4.35. The maximum Gasteiger partial charge on any atom is 0.193 e. The number of halogens is 1. The van der Waals surface area contributed by atoms with E-state index in [2.05, 4.69) is 58.6 Å². The van der Waals surface area contributed by atoms with Crippen molar-refractivity contribution in [3.8, 4) is 11.8 Å². The van der Waals surface area contributed by atoms with E-state index in [1.54, 1.807) is 4.68 Å². The van der Waals surface area contributed by atoms with Crippen molar-refractivity contribution < 1.29 is 0 Å². The predicted molar refractivity (Wildman–Crippen MR) is 148 cm³/mol. The van der Waals surface area contributed by atoms with Gasteiger partial charge in [-0.3, -0.25) is 4.99 Å². The van der Waals surface area contributed by atoms with E-state index >= 15 is 0 Å². The Hall–Kier alpha value is -3.06. The number of nitriles is 1. The van der Waals surface area contributed by atoms with Crippen LogP contribution < -0.4 is 11.1 Å². The smallest absolute Gasteiger partial charge is 0.193 e. The van der Waals surface area contributed by atoms with Crippen molar-refractivity contribution in [2.45, 2.75) is 32.1 Å². The lowest BCUT2D eigenvalue weighted by Crippen LogP contribution is -2.40. The van der Waals surface area contributed by atoms with Gasteiger partial charge in [0, 0.05) is 32.1 Å². The summed E-state index contributed by atoms with van der Waals surface area (Å²) in [6.07, 6.45) is 2.59. The molecule has 0 radical (unpaired) electrons. The summed E-state index contributed by atoms with van der Waals surface area (Å²) in [6.45, 7) is 5.58. The Bertz CT molecular complexity index is 1120. The van der Waals surface area contributed by atoms with Crippen molar-refractivity contribution in [3.05, 3.63) is 77.5 Å². The Morgan fingerprint density at radius 2 is 1.88 bits per heavy atom. The van der Waals surface area contributed by atoms with E-state index in [1.807, 2.05) is 30.3 Å². The van der Waals surface area contributed by atoms with E-state index in [9.17, 15) is 5.26 Å². The topological polar surface area (TPSA) is 95.3 Å². The maximum atomic E-state index is 9.61. The second-order valence-electron chi connectivity index (χ2n) is 8.25. The largest absolute Gasteiger partial charge is 0.382 e. The first kappa shape index (κ1) is 25.6. The highest BCUT2D eigenvalue weighted by Crippen LogP contribution is 2.27. The van der Waals surface area contributed by atoms with Crippen LogP contribution in [-0.2, 0) is 6.42 Å². The number of hydrogen-bond donors (Lipinski definition) is 2. The standard InChI is InChI=1S/C26H31N7.HI/c1-2-29-26(32-17-15-21(19-32)20-10-5-3-6-11-20)30-16-9-14-24-23(18-27)25(28)33(31-24)22-12-7-4-8-13-22;/h3-8,10-13,21H,2,9,14-17,19,28H2,1H3,(H,29,30);1H. The summed E-state index contributed by atoms with van der Waals surface area (Å²) < 4.78 is 1.65. The lowest BCUT2D eigenvalue weighted by Gasteiger charge is -2.21. The van der Waals surface area contributed by atoms with E-state index < -0.39 is 0 Å². The molecule has 4 rings (SSSR count). The minimum absolute atomic E-state index is 0. The first-order chi connectivity index (χ1) is 16.2. The molecule has 0 amide bonds. The van der Waals surface area contributed by atoms with Crippen LogP contribution in [0.1, 0.15) is 42.5 Å². The average Bonchev–Trinajstić information content (AvgIpc) is 3.47. The third kappa shape index (κ3) is 5.89. The predicted octanol–water partition coefficient (Wildman–Crippen LogP) is 4.33. The van der Waals surface area contributed by atoms with Crippen LogP contribution in [0.5, 0.6) is 0 Å². The van der Waals surface area contributed by atoms with E-state index in [1.165, 1.54) is 5.56 Å². The van der Waals surface area contributed by atoms with Crippen LogP contribution in [0.2, 0.25) is 0 Å². The Morgan fingerprint density at radius 3 is 2.56 bits per heavy atom. The van der Waals surface area contributed by atoms with Gasteiger partial charge in [-0.2, -0.15) is 10.4 Å². The molecule has 1 saturated heterocycles. The summed E-state index contributed by atoms with van der Waals surface area (Å²) in [6, 6.07) is 22.6. The highest BCUT2D eigenvalue weighted by molar-refractivity contribution is 14.0. The Balaban J connectivity index is 0.00000324. The molecule has 178 valence electrons. The molecule has 2 heterocycles. The molecule has 7 nitrogen and oxygen atoms in total. The minimum atomic E-state index is 0. The fraction of sp³-hybridized carbons (Fsp3) is 0.346. The highest BCUT2D eigenvalue weighted by Gasteiger charge is 2.25. The van der Waals surface area contributed by atoms with Gasteiger partial charge in [-0.1, -0.05) is 48.5 Å². The summed E-state index contributed by atoms with van der Waals surface area (Å²) in [5.41, 5.74) is 9.65. The molecule has 0 bridgehead atoms. The van der Waals surface area contributed by atoms with Crippen LogP contribution >= 0.6 is 24.0 Å². The third-order valence-corrected chi connectivity index (χ3v) is 6.03. The SMILES string of the molecule is CCNC(=NCCCc1nn(-c2ccccc2)c(N)c1C#N)N1CCC(c2ccccc2)C1.I. The molecule has 1 aromatic heterocycles. The quantitative estimate of drug-likeness (QED) is 0.191. The van der Waals surface area contributed by atoms with Crippen molar-refractivity contribution in [2.75, 3.05) is 31.9 Å². The number of nitrogens with one attached hydrogen (secondary N) is 1. The van der Waals surface area contributed by atoms with Crippen LogP contribution in [0.4, 0.5) is 5.82 Å². The number of benzene rings is 2. The number of aliphatic imine (C=N–C) groups is 1. The Kier molecular flexibility index (Phi) is 9.33. The van der Waals surface area contributed by atoms with Crippen molar-refractivity contribution in [2.24, 2.45) is 4.99 Å². The molecule has 2 aromatic carbocycles. The monoisotopic (exact) mass is 569 g/mol. The van der Waals surface area contributed by atoms with Gasteiger partial charge in [0.05, 0.1) is 11.4 Å². The van der Waals surface area contributed by atoms with Gasteiger partial charge in [-0.15, -0.1) is 24.0 Å². The van der Waals surface area contributed by atoms with Gasteiger partial charge in [0.25, 0.3) is 0 Å². The van der Waals surface area contributed by atoms with Crippen molar-refractivity contribution in [1.29, 1.82) is 5.26 Å². The molecule has 34 heavy (non-hydrogen) atoms. The first-order valence-electron chi connectivity index (χ1n) is 11.6. The van der Waals surface area contributed by atoms with Crippen molar-refractivity contribution >= 4 is 35.8 Å². The highest BCUT2D eigenvalue weighted by atomic mass is 127. The number of hydrogen-bond acceptors (Lipinski definition) is 4. The van der Waals surface area contributed by atoms with Gasteiger partial charge in [0.1, 0.15) is 17.5 Å². The van der Waals surface area contributed by atoms with Gasteiger partial charge < -0.3 is 16.0 Å². The molecular weight excluding hydrogens is 537 g/mol. The van der Waals surface area contributed by atoms with Crippen LogP contribution in [0.3, 0.4) is 0 Å². The number of nitrogens with two attached hydrogens (primary N) is 1. The molecule has 3 N–H and O–H groups in total. The summed E-state index contributed by atoms with van der Waals surface area (Å²) in [4.78, 5) is 7.22. The molecule has 1 unspecified atom stereocenters. The zero-order valence-corrected chi connectivity index (χ0v) is 21.9. The summed E-state index contributed by atoms with van der Waals surface area (Å²) in [5, 5.41) is 17.7. The maximum absolute atomic E-state index is 9.61. The lowest BCUT2D eigenvalue weighted by atomic mass is 9.99. The Morgan fingerprint density at radius 1 is 1.18 bits per heavy atom. The zero-order valence-electron chi connectivity index (χ0n) is 19.5. The molecule has 0 aliphatic carbocycles. The lowest BCUT2D eigenvalue weighted by molar-refractivity contribution is 0.485. The van der Waals surface area contributed by atoms with Gasteiger partial charge >= 0.3 is 0 Å². The molecule has 8 heteroatoms. The minimum Gasteiger partial charge on any atom is -0.382 e. The third-order valence-electron chi connectivity index (χ3n) is 6.03.